The monoisotopic (exact) mass is 291 g/mol. The number of likely N-dealkylation sites (tertiary alicyclic amines) is 1. The van der Waals surface area contributed by atoms with Crippen LogP contribution in [0.4, 0.5) is 0 Å². The van der Waals surface area contributed by atoms with Gasteiger partial charge in [-0.05, 0) is 62.2 Å². The van der Waals surface area contributed by atoms with Crippen molar-refractivity contribution in [1.29, 1.82) is 0 Å². The molecule has 0 aromatic carbocycles. The Labute approximate surface area is 127 Å². The van der Waals surface area contributed by atoms with E-state index >= 15 is 0 Å². The van der Waals surface area contributed by atoms with Crippen molar-refractivity contribution in [3.05, 3.63) is 0 Å². The molecule has 0 aromatic rings. The quantitative estimate of drug-likeness (QED) is 0.822. The summed E-state index contributed by atoms with van der Waals surface area (Å²) in [5, 5.41) is 3.99. The Morgan fingerprint density at radius 3 is 2.57 bits per heavy atom. The molecule has 5 unspecified atom stereocenters. The number of fused-ring (bicyclic) bond motifs is 5. The van der Waals surface area contributed by atoms with Gasteiger partial charge >= 0.3 is 0 Å². The maximum atomic E-state index is 11.0. The van der Waals surface area contributed by atoms with Crippen LogP contribution in [-0.2, 0) is 4.79 Å². The third-order valence-electron chi connectivity index (χ3n) is 6.85. The van der Waals surface area contributed by atoms with Gasteiger partial charge in [0.15, 0.2) is 0 Å². The predicted molar refractivity (Wildman–Crippen MR) is 82.6 cm³/mol. The highest BCUT2D eigenvalue weighted by molar-refractivity contribution is 5.75. The number of piperidine rings is 1. The van der Waals surface area contributed by atoms with Crippen LogP contribution in [0.15, 0.2) is 0 Å². The van der Waals surface area contributed by atoms with Gasteiger partial charge in [-0.3, -0.25) is 9.69 Å². The van der Waals surface area contributed by atoms with Crippen LogP contribution in [0.5, 0.6) is 0 Å². The average molecular weight is 291 g/mol. The minimum atomic E-state index is -0.193. The molecule has 5 atom stereocenters. The van der Waals surface area contributed by atoms with Gasteiger partial charge in [0.2, 0.25) is 5.91 Å². The molecule has 4 rings (SSSR count). The number of hydrogen-bond donors (Lipinski definition) is 2. The van der Waals surface area contributed by atoms with Gasteiger partial charge in [0.25, 0.3) is 0 Å². The Balaban J connectivity index is 1.28. The second kappa shape index (κ2) is 5.54. The lowest BCUT2D eigenvalue weighted by Crippen LogP contribution is -2.50. The second-order valence-electron chi connectivity index (χ2n) is 7.94. The van der Waals surface area contributed by atoms with E-state index in [1.165, 1.54) is 44.9 Å². The largest absolute Gasteiger partial charge is 0.369 e. The van der Waals surface area contributed by atoms with Crippen LogP contribution in [0, 0.1) is 23.7 Å². The summed E-state index contributed by atoms with van der Waals surface area (Å²) in [5.74, 6) is 3.96. The smallest absolute Gasteiger partial charge is 0.231 e. The molecule has 3 aliphatic carbocycles. The first-order valence-electron chi connectivity index (χ1n) is 8.97. The number of nitrogens with two attached hydrogens (primary N) is 1. The van der Waals surface area contributed by atoms with E-state index in [2.05, 4.69) is 10.2 Å². The molecule has 21 heavy (non-hydrogen) atoms. The number of amides is 1. The van der Waals surface area contributed by atoms with E-state index in [1.807, 2.05) is 0 Å². The molecule has 0 radical (unpaired) electrons. The molecule has 4 fully saturated rings. The normalized spacial score (nSPS) is 43.3. The zero-order valence-corrected chi connectivity index (χ0v) is 13.0. The van der Waals surface area contributed by atoms with Crippen molar-refractivity contribution in [1.82, 2.24) is 10.2 Å². The number of rotatable bonds is 4. The van der Waals surface area contributed by atoms with E-state index in [0.717, 1.165) is 42.8 Å². The Hall–Kier alpha value is -0.610. The first kappa shape index (κ1) is 14.0. The zero-order chi connectivity index (χ0) is 14.4. The molecule has 1 aliphatic heterocycles. The van der Waals surface area contributed by atoms with Gasteiger partial charge in [0.05, 0.1) is 6.54 Å². The van der Waals surface area contributed by atoms with Gasteiger partial charge < -0.3 is 11.1 Å². The fourth-order valence-corrected chi connectivity index (χ4v) is 6.04. The molecular formula is C17H29N3O. The lowest BCUT2D eigenvalue weighted by atomic mass is 9.78. The third kappa shape index (κ3) is 2.61. The molecule has 1 saturated heterocycles. The Kier molecular flexibility index (Phi) is 3.70. The standard InChI is InChI=1S/C17H29N3O/c18-17(21)10-20-6-4-12(5-7-20)19-16-9-11-8-15(16)14-3-1-2-13(11)14/h11-16,19H,1-10H2,(H2,18,21). The van der Waals surface area contributed by atoms with Crippen molar-refractivity contribution < 1.29 is 4.79 Å². The van der Waals surface area contributed by atoms with Gasteiger partial charge in [-0.15, -0.1) is 0 Å². The highest BCUT2D eigenvalue weighted by Gasteiger charge is 2.53. The number of carbonyl (C=O) groups is 1. The summed E-state index contributed by atoms with van der Waals surface area (Å²) in [5.41, 5.74) is 5.28. The maximum absolute atomic E-state index is 11.0. The van der Waals surface area contributed by atoms with E-state index in [9.17, 15) is 4.79 Å². The van der Waals surface area contributed by atoms with Gasteiger partial charge in [0, 0.05) is 25.2 Å². The third-order valence-corrected chi connectivity index (χ3v) is 6.85. The SMILES string of the molecule is NC(=O)CN1CCC(NC2CC3CC2C2CCCC32)CC1. The molecule has 3 N–H and O–H groups in total. The summed E-state index contributed by atoms with van der Waals surface area (Å²) in [6.45, 7) is 2.48. The molecule has 2 bridgehead atoms. The first-order valence-corrected chi connectivity index (χ1v) is 8.97. The number of nitrogens with zero attached hydrogens (tertiary/aromatic N) is 1. The average Bonchev–Trinajstić information content (AvgIpc) is 3.12. The van der Waals surface area contributed by atoms with Crippen LogP contribution < -0.4 is 11.1 Å². The van der Waals surface area contributed by atoms with Crippen LogP contribution in [-0.4, -0.2) is 42.5 Å². The van der Waals surface area contributed by atoms with Crippen LogP contribution in [0.3, 0.4) is 0 Å². The number of primary amides is 1. The van der Waals surface area contributed by atoms with E-state index in [4.69, 9.17) is 5.73 Å². The fraction of sp³-hybridized carbons (Fsp3) is 0.941. The minimum absolute atomic E-state index is 0.193. The van der Waals surface area contributed by atoms with Crippen molar-refractivity contribution in [2.45, 2.75) is 57.0 Å². The van der Waals surface area contributed by atoms with Crippen molar-refractivity contribution in [3.8, 4) is 0 Å². The zero-order valence-electron chi connectivity index (χ0n) is 13.0. The lowest BCUT2D eigenvalue weighted by molar-refractivity contribution is -0.119. The molecule has 0 aromatic heterocycles. The Morgan fingerprint density at radius 2 is 1.81 bits per heavy atom. The van der Waals surface area contributed by atoms with Gasteiger partial charge in [-0.25, -0.2) is 0 Å². The van der Waals surface area contributed by atoms with Crippen molar-refractivity contribution >= 4 is 5.91 Å². The van der Waals surface area contributed by atoms with Gasteiger partial charge in [0.1, 0.15) is 0 Å². The summed E-state index contributed by atoms with van der Waals surface area (Å²) in [6.07, 6.45) is 9.80. The summed E-state index contributed by atoms with van der Waals surface area (Å²) in [7, 11) is 0. The molecule has 4 nitrogen and oxygen atoms in total. The summed E-state index contributed by atoms with van der Waals surface area (Å²) < 4.78 is 0. The molecule has 1 heterocycles. The van der Waals surface area contributed by atoms with Crippen LogP contribution in [0.2, 0.25) is 0 Å². The van der Waals surface area contributed by atoms with E-state index < -0.39 is 0 Å². The fourth-order valence-electron chi connectivity index (χ4n) is 6.04. The highest BCUT2D eigenvalue weighted by atomic mass is 16.1. The van der Waals surface area contributed by atoms with Gasteiger partial charge in [-0.1, -0.05) is 6.42 Å². The summed E-state index contributed by atoms with van der Waals surface area (Å²) in [6, 6.07) is 1.46. The topological polar surface area (TPSA) is 58.4 Å². The van der Waals surface area contributed by atoms with E-state index in [1.54, 1.807) is 0 Å². The highest BCUT2D eigenvalue weighted by Crippen LogP contribution is 2.58. The molecule has 4 heteroatoms. The van der Waals surface area contributed by atoms with Crippen molar-refractivity contribution in [2.24, 2.45) is 29.4 Å². The predicted octanol–water partition coefficient (Wildman–Crippen LogP) is 1.35. The number of nitrogens with one attached hydrogen (secondary N) is 1. The number of hydrogen-bond acceptors (Lipinski definition) is 3. The van der Waals surface area contributed by atoms with Crippen LogP contribution in [0.1, 0.15) is 44.9 Å². The summed E-state index contributed by atoms with van der Waals surface area (Å²) >= 11 is 0. The second-order valence-corrected chi connectivity index (χ2v) is 7.94. The Bertz CT molecular complexity index is 405. The molecule has 3 saturated carbocycles. The minimum Gasteiger partial charge on any atom is -0.369 e. The van der Waals surface area contributed by atoms with Crippen molar-refractivity contribution in [3.63, 3.8) is 0 Å². The Morgan fingerprint density at radius 1 is 1.05 bits per heavy atom. The van der Waals surface area contributed by atoms with E-state index in [0.29, 0.717) is 12.6 Å². The van der Waals surface area contributed by atoms with Gasteiger partial charge in [-0.2, -0.15) is 0 Å². The van der Waals surface area contributed by atoms with Crippen molar-refractivity contribution in [2.75, 3.05) is 19.6 Å². The first-order chi connectivity index (χ1) is 10.2. The number of carbonyl (C=O) groups excluding carboxylic acids is 1. The molecule has 118 valence electrons. The van der Waals surface area contributed by atoms with Crippen LogP contribution in [0.25, 0.3) is 0 Å². The molecule has 0 spiro atoms. The lowest BCUT2D eigenvalue weighted by Gasteiger charge is -2.38. The molecule has 4 aliphatic rings. The van der Waals surface area contributed by atoms with Crippen LogP contribution >= 0.6 is 0 Å². The molecular weight excluding hydrogens is 262 g/mol. The molecule has 1 amide bonds. The van der Waals surface area contributed by atoms with E-state index in [-0.39, 0.29) is 5.91 Å². The maximum Gasteiger partial charge on any atom is 0.231 e. The summed E-state index contributed by atoms with van der Waals surface area (Å²) in [4.78, 5) is 13.2.